The zero-order chi connectivity index (χ0) is 20.0. The van der Waals surface area contributed by atoms with Crippen LogP contribution in [-0.4, -0.2) is 38.5 Å². The van der Waals surface area contributed by atoms with Crippen LogP contribution in [0, 0.1) is 0 Å². The first kappa shape index (κ1) is 18.6. The second kappa shape index (κ2) is 6.98. The number of aliphatic hydroxyl groups is 2. The van der Waals surface area contributed by atoms with Gasteiger partial charge in [0.15, 0.2) is 0 Å². The quantitative estimate of drug-likeness (QED) is 0.660. The molecule has 2 heterocycles. The maximum absolute atomic E-state index is 12.8. The number of amides is 2. The van der Waals surface area contributed by atoms with Crippen molar-refractivity contribution in [2.24, 2.45) is 0 Å². The van der Waals surface area contributed by atoms with E-state index in [1.807, 2.05) is 6.07 Å². The Morgan fingerprint density at radius 3 is 2.32 bits per heavy atom. The maximum atomic E-state index is 12.8. The molecule has 2 atom stereocenters. The van der Waals surface area contributed by atoms with Gasteiger partial charge < -0.3 is 10.2 Å². The highest BCUT2D eigenvalue weighted by Gasteiger charge is 2.39. The third kappa shape index (κ3) is 2.77. The number of carbonyl (C=O) groups excluding carboxylic acids is 2. The minimum absolute atomic E-state index is 0.187. The molecule has 3 aromatic rings. The standard InChI is InChI=1S/C21H17ClN2O4/c1-11(24-20(27)13-6-2-3-7-14(13)21(24)28)15-9-12-5-4-8-16(22)18(12)23-19(15)17(26)10-25/h2-9,11,17,25-26H,10H2,1H3/t11?,17-/m1/s1. The van der Waals surface area contributed by atoms with Gasteiger partial charge in [0.25, 0.3) is 11.8 Å². The highest BCUT2D eigenvalue weighted by molar-refractivity contribution is 6.35. The van der Waals surface area contributed by atoms with Gasteiger partial charge in [-0.15, -0.1) is 0 Å². The number of aliphatic hydroxyl groups excluding tert-OH is 2. The Labute approximate surface area is 166 Å². The van der Waals surface area contributed by atoms with Crippen molar-refractivity contribution in [3.63, 3.8) is 0 Å². The van der Waals surface area contributed by atoms with Crippen molar-refractivity contribution >= 4 is 34.3 Å². The minimum atomic E-state index is -1.27. The summed E-state index contributed by atoms with van der Waals surface area (Å²) in [6, 6.07) is 13.0. The average molecular weight is 397 g/mol. The van der Waals surface area contributed by atoms with Gasteiger partial charge in [-0.25, -0.2) is 4.98 Å². The number of fused-ring (bicyclic) bond motifs is 2. The highest BCUT2D eigenvalue weighted by Crippen LogP contribution is 2.36. The minimum Gasteiger partial charge on any atom is -0.393 e. The largest absolute Gasteiger partial charge is 0.393 e. The molecule has 7 heteroatoms. The SMILES string of the molecule is CC(c1cc2cccc(Cl)c2nc1[C@H](O)CO)N1C(=O)c2ccccc2C1=O. The Balaban J connectivity index is 1.86. The van der Waals surface area contributed by atoms with E-state index < -0.39 is 30.6 Å². The normalized spacial score (nSPS) is 15.8. The molecule has 0 spiro atoms. The summed E-state index contributed by atoms with van der Waals surface area (Å²) >= 11 is 6.22. The summed E-state index contributed by atoms with van der Waals surface area (Å²) in [6.07, 6.45) is -1.27. The molecular weight excluding hydrogens is 380 g/mol. The van der Waals surface area contributed by atoms with E-state index in [2.05, 4.69) is 4.98 Å². The zero-order valence-corrected chi connectivity index (χ0v) is 15.7. The van der Waals surface area contributed by atoms with Crippen LogP contribution in [0.5, 0.6) is 0 Å². The summed E-state index contributed by atoms with van der Waals surface area (Å²) in [5.74, 6) is -0.799. The van der Waals surface area contributed by atoms with Crippen LogP contribution in [0.2, 0.25) is 5.02 Å². The lowest BCUT2D eigenvalue weighted by Crippen LogP contribution is -2.33. The Bertz CT molecular complexity index is 1080. The Kier molecular flexibility index (Phi) is 4.63. The van der Waals surface area contributed by atoms with Crippen LogP contribution in [0.1, 0.15) is 51.0 Å². The molecule has 0 saturated carbocycles. The summed E-state index contributed by atoms with van der Waals surface area (Å²) in [4.78, 5) is 31.3. The molecule has 6 nitrogen and oxygen atoms in total. The van der Waals surface area contributed by atoms with E-state index in [0.29, 0.717) is 32.6 Å². The molecule has 1 aliphatic rings. The molecule has 0 aliphatic carbocycles. The van der Waals surface area contributed by atoms with Crippen LogP contribution in [0.3, 0.4) is 0 Å². The van der Waals surface area contributed by atoms with Gasteiger partial charge in [0, 0.05) is 5.39 Å². The molecule has 1 aromatic heterocycles. The Morgan fingerprint density at radius 1 is 1.07 bits per heavy atom. The second-order valence-electron chi connectivity index (χ2n) is 6.67. The maximum Gasteiger partial charge on any atom is 0.262 e. The van der Waals surface area contributed by atoms with Gasteiger partial charge in [-0.1, -0.05) is 35.9 Å². The lowest BCUT2D eigenvalue weighted by Gasteiger charge is -2.26. The Morgan fingerprint density at radius 2 is 1.71 bits per heavy atom. The molecular formula is C21H17ClN2O4. The first-order valence-corrected chi connectivity index (χ1v) is 9.16. The number of pyridine rings is 1. The van der Waals surface area contributed by atoms with Crippen LogP contribution < -0.4 is 0 Å². The predicted molar refractivity (Wildman–Crippen MR) is 104 cm³/mol. The number of rotatable bonds is 4. The van der Waals surface area contributed by atoms with Crippen LogP contribution >= 0.6 is 11.6 Å². The number of carbonyl (C=O) groups is 2. The van der Waals surface area contributed by atoms with E-state index in [1.165, 1.54) is 0 Å². The fraction of sp³-hybridized carbons (Fsp3) is 0.190. The van der Waals surface area contributed by atoms with E-state index in [9.17, 15) is 19.8 Å². The molecule has 0 bridgehead atoms. The summed E-state index contributed by atoms with van der Waals surface area (Å²) in [5.41, 5.74) is 1.84. The molecule has 1 unspecified atom stereocenters. The van der Waals surface area contributed by atoms with Gasteiger partial charge >= 0.3 is 0 Å². The van der Waals surface area contributed by atoms with Crippen molar-refractivity contribution in [3.05, 3.63) is 75.9 Å². The van der Waals surface area contributed by atoms with Gasteiger partial charge in [-0.05, 0) is 36.8 Å². The zero-order valence-electron chi connectivity index (χ0n) is 15.0. The number of hydrogen-bond acceptors (Lipinski definition) is 5. The molecule has 142 valence electrons. The molecule has 2 amide bonds. The third-order valence-corrected chi connectivity index (χ3v) is 5.31. The fourth-order valence-electron chi connectivity index (χ4n) is 3.58. The van der Waals surface area contributed by atoms with Crippen LogP contribution in [-0.2, 0) is 0 Å². The number of nitrogens with zero attached hydrogens (tertiary/aromatic N) is 2. The smallest absolute Gasteiger partial charge is 0.262 e. The topological polar surface area (TPSA) is 90.7 Å². The monoisotopic (exact) mass is 396 g/mol. The Hall–Kier alpha value is -2.80. The van der Waals surface area contributed by atoms with Gasteiger partial charge in [-0.3, -0.25) is 14.5 Å². The van der Waals surface area contributed by atoms with Crippen molar-refractivity contribution < 1.29 is 19.8 Å². The number of benzene rings is 2. The molecule has 2 N–H and O–H groups in total. The molecule has 1 aliphatic heterocycles. The van der Waals surface area contributed by atoms with Crippen LogP contribution in [0.15, 0.2) is 48.5 Å². The van der Waals surface area contributed by atoms with Gasteiger partial charge in [-0.2, -0.15) is 0 Å². The van der Waals surface area contributed by atoms with E-state index >= 15 is 0 Å². The summed E-state index contributed by atoms with van der Waals surface area (Å²) in [6.45, 7) is 1.15. The third-order valence-electron chi connectivity index (χ3n) is 5.01. The number of hydrogen-bond donors (Lipinski definition) is 2. The van der Waals surface area contributed by atoms with Gasteiger partial charge in [0.1, 0.15) is 6.10 Å². The van der Waals surface area contributed by atoms with Gasteiger partial charge in [0.05, 0.1) is 40.0 Å². The van der Waals surface area contributed by atoms with E-state index in [1.54, 1.807) is 49.4 Å². The number of halogens is 1. The van der Waals surface area contributed by atoms with E-state index in [4.69, 9.17) is 11.6 Å². The number of aromatic nitrogens is 1. The lowest BCUT2D eigenvalue weighted by molar-refractivity contribution is 0.0585. The number of imide groups is 1. The van der Waals surface area contributed by atoms with Crippen molar-refractivity contribution in [2.45, 2.75) is 19.1 Å². The molecule has 2 aromatic carbocycles. The molecule has 0 radical (unpaired) electrons. The van der Waals surface area contributed by atoms with Crippen molar-refractivity contribution in [1.29, 1.82) is 0 Å². The first-order valence-electron chi connectivity index (χ1n) is 8.79. The van der Waals surface area contributed by atoms with Crippen molar-refractivity contribution in [3.8, 4) is 0 Å². The highest BCUT2D eigenvalue weighted by atomic mass is 35.5. The second-order valence-corrected chi connectivity index (χ2v) is 7.08. The fourth-order valence-corrected chi connectivity index (χ4v) is 3.80. The summed E-state index contributed by atoms with van der Waals surface area (Å²) in [5, 5.41) is 20.9. The average Bonchev–Trinajstić information content (AvgIpc) is 2.97. The molecule has 0 fully saturated rings. The van der Waals surface area contributed by atoms with E-state index in [0.717, 1.165) is 4.90 Å². The molecule has 28 heavy (non-hydrogen) atoms. The van der Waals surface area contributed by atoms with Gasteiger partial charge in [0.2, 0.25) is 0 Å². The summed E-state index contributed by atoms with van der Waals surface area (Å²) in [7, 11) is 0. The molecule has 4 rings (SSSR count). The van der Waals surface area contributed by atoms with Crippen molar-refractivity contribution in [2.75, 3.05) is 6.61 Å². The first-order chi connectivity index (χ1) is 13.4. The van der Waals surface area contributed by atoms with E-state index in [-0.39, 0.29) is 5.69 Å². The predicted octanol–water partition coefficient (Wildman–Crippen LogP) is 3.27. The number of para-hydroxylation sites is 1. The molecule has 0 saturated heterocycles. The lowest BCUT2D eigenvalue weighted by atomic mass is 9.99. The van der Waals surface area contributed by atoms with Crippen molar-refractivity contribution in [1.82, 2.24) is 9.88 Å². The van der Waals surface area contributed by atoms with Crippen LogP contribution in [0.4, 0.5) is 0 Å². The summed E-state index contributed by atoms with van der Waals surface area (Å²) < 4.78 is 0. The van der Waals surface area contributed by atoms with Crippen LogP contribution in [0.25, 0.3) is 10.9 Å².